The van der Waals surface area contributed by atoms with Crippen molar-refractivity contribution in [1.29, 1.82) is 0 Å². The average Bonchev–Trinajstić information content (AvgIpc) is 3.19. The fraction of sp³-hybridized carbons (Fsp3) is 0.350. The zero-order chi connectivity index (χ0) is 19.2. The van der Waals surface area contributed by atoms with E-state index < -0.39 is 0 Å². The predicted molar refractivity (Wildman–Crippen MR) is 105 cm³/mol. The van der Waals surface area contributed by atoms with Crippen molar-refractivity contribution in [3.63, 3.8) is 0 Å². The van der Waals surface area contributed by atoms with Gasteiger partial charge in [0.05, 0.1) is 26.2 Å². The van der Waals surface area contributed by atoms with Gasteiger partial charge in [-0.3, -0.25) is 10.2 Å². The molecular weight excluding hydrogens is 366 g/mol. The Labute approximate surface area is 164 Å². The lowest BCUT2D eigenvalue weighted by atomic mass is 9.93. The third kappa shape index (κ3) is 4.71. The van der Waals surface area contributed by atoms with Gasteiger partial charge in [-0.05, 0) is 41.8 Å². The van der Waals surface area contributed by atoms with Crippen molar-refractivity contribution in [2.24, 2.45) is 5.92 Å². The molecule has 0 aromatic heterocycles. The molecule has 0 bridgehead atoms. The van der Waals surface area contributed by atoms with Gasteiger partial charge in [0.2, 0.25) is 5.91 Å². The normalized spacial score (nSPS) is 18.9. The van der Waals surface area contributed by atoms with Crippen LogP contribution in [0.3, 0.4) is 0 Å². The molecule has 2 unspecified atom stereocenters. The van der Waals surface area contributed by atoms with E-state index in [1.807, 2.05) is 42.5 Å². The molecule has 1 fully saturated rings. The molecular formula is C20H24ClN3O3. The monoisotopic (exact) mass is 389 g/mol. The zero-order valence-electron chi connectivity index (χ0n) is 15.4. The second-order valence-electron chi connectivity index (χ2n) is 6.39. The number of hydrazine groups is 1. The van der Waals surface area contributed by atoms with Crippen molar-refractivity contribution in [2.75, 3.05) is 27.3 Å². The van der Waals surface area contributed by atoms with Gasteiger partial charge in [-0.25, -0.2) is 5.43 Å². The standard InChI is InChI=1S/C20H24ClN3O3/c1-26-17-8-5-14(11-18(17)27-2)19-16(12-23-24-19)20(25)22-10-9-13-3-6-15(21)7-4-13/h3-8,11,16,19,23-24H,9-10,12H2,1-2H3,(H,22,25). The van der Waals surface area contributed by atoms with Gasteiger partial charge < -0.3 is 14.8 Å². The number of benzene rings is 2. The number of ether oxygens (including phenoxy) is 2. The summed E-state index contributed by atoms with van der Waals surface area (Å²) in [4.78, 5) is 12.7. The highest BCUT2D eigenvalue weighted by Crippen LogP contribution is 2.33. The number of amides is 1. The SMILES string of the molecule is COc1ccc(C2NNCC2C(=O)NCCc2ccc(Cl)cc2)cc1OC. The number of carbonyl (C=O) groups excluding carboxylic acids is 1. The molecule has 0 saturated carbocycles. The first kappa shape index (κ1) is 19.5. The first-order valence-electron chi connectivity index (χ1n) is 8.85. The van der Waals surface area contributed by atoms with Crippen LogP contribution in [0.2, 0.25) is 5.02 Å². The summed E-state index contributed by atoms with van der Waals surface area (Å²) in [7, 11) is 3.20. The summed E-state index contributed by atoms with van der Waals surface area (Å²) < 4.78 is 10.7. The topological polar surface area (TPSA) is 71.6 Å². The number of hydrogen-bond acceptors (Lipinski definition) is 5. The minimum absolute atomic E-state index is 0.0150. The highest BCUT2D eigenvalue weighted by Gasteiger charge is 2.34. The van der Waals surface area contributed by atoms with E-state index in [0.29, 0.717) is 29.6 Å². The van der Waals surface area contributed by atoms with Gasteiger partial charge in [0.25, 0.3) is 0 Å². The van der Waals surface area contributed by atoms with Crippen molar-refractivity contribution >= 4 is 17.5 Å². The summed E-state index contributed by atoms with van der Waals surface area (Å²) in [6, 6.07) is 13.2. The number of carbonyl (C=O) groups is 1. The van der Waals surface area contributed by atoms with Crippen LogP contribution in [0.4, 0.5) is 0 Å². The lowest BCUT2D eigenvalue weighted by molar-refractivity contribution is -0.124. The van der Waals surface area contributed by atoms with Gasteiger partial charge in [-0.1, -0.05) is 29.8 Å². The quantitative estimate of drug-likeness (QED) is 0.678. The molecule has 0 aliphatic carbocycles. The second-order valence-corrected chi connectivity index (χ2v) is 6.83. The Morgan fingerprint density at radius 1 is 1.15 bits per heavy atom. The third-order valence-corrected chi connectivity index (χ3v) is 4.96. The van der Waals surface area contributed by atoms with Crippen LogP contribution < -0.4 is 25.6 Å². The van der Waals surface area contributed by atoms with Crippen LogP contribution in [0, 0.1) is 5.92 Å². The van der Waals surface area contributed by atoms with Crippen LogP contribution in [-0.2, 0) is 11.2 Å². The van der Waals surface area contributed by atoms with Crippen molar-refractivity contribution in [1.82, 2.24) is 16.2 Å². The summed E-state index contributed by atoms with van der Waals surface area (Å²) >= 11 is 5.90. The van der Waals surface area contributed by atoms with E-state index in [9.17, 15) is 4.79 Å². The Kier molecular flexibility index (Phi) is 6.55. The minimum Gasteiger partial charge on any atom is -0.493 e. The van der Waals surface area contributed by atoms with Crippen LogP contribution in [-0.4, -0.2) is 33.2 Å². The van der Waals surface area contributed by atoms with E-state index in [1.54, 1.807) is 14.2 Å². The molecule has 144 valence electrons. The van der Waals surface area contributed by atoms with E-state index in [2.05, 4.69) is 16.2 Å². The molecule has 3 rings (SSSR count). The Morgan fingerprint density at radius 2 is 1.89 bits per heavy atom. The maximum atomic E-state index is 12.7. The molecule has 3 N–H and O–H groups in total. The highest BCUT2D eigenvalue weighted by molar-refractivity contribution is 6.30. The number of halogens is 1. The van der Waals surface area contributed by atoms with Crippen molar-refractivity contribution in [3.8, 4) is 11.5 Å². The van der Waals surface area contributed by atoms with Crippen molar-refractivity contribution in [2.45, 2.75) is 12.5 Å². The molecule has 1 saturated heterocycles. The Morgan fingerprint density at radius 3 is 2.59 bits per heavy atom. The minimum atomic E-state index is -0.215. The summed E-state index contributed by atoms with van der Waals surface area (Å²) in [6.07, 6.45) is 0.761. The van der Waals surface area contributed by atoms with E-state index in [-0.39, 0.29) is 17.9 Å². The lowest BCUT2D eigenvalue weighted by Gasteiger charge is -2.20. The molecule has 2 aromatic carbocycles. The summed E-state index contributed by atoms with van der Waals surface area (Å²) in [6.45, 7) is 1.14. The zero-order valence-corrected chi connectivity index (χ0v) is 16.2. The number of methoxy groups -OCH3 is 2. The molecule has 2 atom stereocenters. The van der Waals surface area contributed by atoms with Gasteiger partial charge in [0, 0.05) is 18.1 Å². The Hall–Kier alpha value is -2.28. The molecule has 27 heavy (non-hydrogen) atoms. The van der Waals surface area contributed by atoms with Gasteiger partial charge in [0.1, 0.15) is 0 Å². The molecule has 6 nitrogen and oxygen atoms in total. The van der Waals surface area contributed by atoms with E-state index in [4.69, 9.17) is 21.1 Å². The molecule has 1 aliphatic rings. The van der Waals surface area contributed by atoms with Crippen molar-refractivity contribution in [3.05, 3.63) is 58.6 Å². The molecule has 1 aliphatic heterocycles. The van der Waals surface area contributed by atoms with Gasteiger partial charge in [-0.15, -0.1) is 0 Å². The molecule has 1 amide bonds. The lowest BCUT2D eigenvalue weighted by Crippen LogP contribution is -2.36. The first-order chi connectivity index (χ1) is 13.1. The fourth-order valence-corrected chi connectivity index (χ4v) is 3.34. The maximum Gasteiger partial charge on any atom is 0.226 e. The van der Waals surface area contributed by atoms with Gasteiger partial charge in [-0.2, -0.15) is 0 Å². The Bertz CT molecular complexity index is 783. The first-order valence-corrected chi connectivity index (χ1v) is 9.22. The van der Waals surface area contributed by atoms with Crippen LogP contribution in [0.25, 0.3) is 0 Å². The average molecular weight is 390 g/mol. The Balaban J connectivity index is 1.61. The fourth-order valence-electron chi connectivity index (χ4n) is 3.22. The van der Waals surface area contributed by atoms with Crippen LogP contribution >= 0.6 is 11.6 Å². The van der Waals surface area contributed by atoms with Crippen molar-refractivity contribution < 1.29 is 14.3 Å². The number of nitrogens with one attached hydrogen (secondary N) is 3. The third-order valence-electron chi connectivity index (χ3n) is 4.71. The largest absolute Gasteiger partial charge is 0.493 e. The molecule has 0 spiro atoms. The van der Waals surface area contributed by atoms with Gasteiger partial charge in [0.15, 0.2) is 11.5 Å². The summed E-state index contributed by atoms with van der Waals surface area (Å²) in [5.41, 5.74) is 8.38. The van der Waals surface area contributed by atoms with E-state index >= 15 is 0 Å². The molecule has 0 radical (unpaired) electrons. The summed E-state index contributed by atoms with van der Waals surface area (Å²) in [5, 5.41) is 3.74. The van der Waals surface area contributed by atoms with Crippen LogP contribution in [0.5, 0.6) is 11.5 Å². The number of rotatable bonds is 7. The number of hydrogen-bond donors (Lipinski definition) is 3. The van der Waals surface area contributed by atoms with E-state index in [0.717, 1.165) is 17.5 Å². The smallest absolute Gasteiger partial charge is 0.226 e. The molecule has 2 aromatic rings. The highest BCUT2D eigenvalue weighted by atomic mass is 35.5. The van der Waals surface area contributed by atoms with E-state index in [1.165, 1.54) is 0 Å². The maximum absolute atomic E-state index is 12.7. The predicted octanol–water partition coefficient (Wildman–Crippen LogP) is 2.48. The summed E-state index contributed by atoms with van der Waals surface area (Å²) in [5.74, 6) is 1.11. The second kappa shape index (κ2) is 9.08. The molecule has 7 heteroatoms. The van der Waals surface area contributed by atoms with Gasteiger partial charge >= 0.3 is 0 Å². The van der Waals surface area contributed by atoms with Crippen LogP contribution in [0.1, 0.15) is 17.2 Å². The molecule has 1 heterocycles. The van der Waals surface area contributed by atoms with Crippen LogP contribution in [0.15, 0.2) is 42.5 Å².